The molecule has 1 aromatic carbocycles. The first kappa shape index (κ1) is 19.2. The van der Waals surface area contributed by atoms with Gasteiger partial charge >= 0.3 is 0 Å². The van der Waals surface area contributed by atoms with Crippen LogP contribution in [-0.2, 0) is 16.1 Å². The van der Waals surface area contributed by atoms with E-state index >= 15 is 0 Å². The van der Waals surface area contributed by atoms with Gasteiger partial charge in [-0.05, 0) is 31.7 Å². The zero-order valence-corrected chi connectivity index (χ0v) is 15.9. The zero-order chi connectivity index (χ0) is 18.2. The van der Waals surface area contributed by atoms with Crippen molar-refractivity contribution in [3.8, 4) is 5.75 Å². The molecule has 1 aliphatic carbocycles. The lowest BCUT2D eigenvalue weighted by atomic mass is 9.95. The van der Waals surface area contributed by atoms with Gasteiger partial charge in [0.15, 0.2) is 0 Å². The van der Waals surface area contributed by atoms with Gasteiger partial charge in [0.25, 0.3) is 0 Å². The van der Waals surface area contributed by atoms with Crippen molar-refractivity contribution < 1.29 is 14.3 Å². The number of carbonyl (C=O) groups excluding carboxylic acids is 1. The highest BCUT2D eigenvalue weighted by Crippen LogP contribution is 2.21. The molecule has 5 nitrogen and oxygen atoms in total. The zero-order valence-electron chi connectivity index (χ0n) is 15.9. The largest absolute Gasteiger partial charge is 0.496 e. The van der Waals surface area contributed by atoms with Gasteiger partial charge in [0, 0.05) is 31.3 Å². The second-order valence-electron chi connectivity index (χ2n) is 7.52. The second kappa shape index (κ2) is 9.93. The summed E-state index contributed by atoms with van der Waals surface area (Å²) in [4.78, 5) is 14.8. The summed E-state index contributed by atoms with van der Waals surface area (Å²) in [5.41, 5.74) is 1.11. The standard InChI is InChI=1S/C21H32N2O3/c1-25-20-12-6-5-8-17(20)14-23(15-19-11-7-13-26-19)16-21(24)22-18-9-3-2-4-10-18/h5-6,8,12,18-19H,2-4,7,9-11,13-16H2,1H3,(H,22,24). The molecule has 1 unspecified atom stereocenters. The van der Waals surface area contributed by atoms with Gasteiger partial charge in [0.1, 0.15) is 5.75 Å². The number of nitrogens with zero attached hydrogens (tertiary/aromatic N) is 1. The molecule has 1 saturated carbocycles. The number of hydrogen-bond donors (Lipinski definition) is 1. The minimum absolute atomic E-state index is 0.129. The number of ether oxygens (including phenoxy) is 2. The second-order valence-corrected chi connectivity index (χ2v) is 7.52. The topological polar surface area (TPSA) is 50.8 Å². The first-order valence-corrected chi connectivity index (χ1v) is 10.00. The molecule has 5 heteroatoms. The molecule has 2 fully saturated rings. The molecule has 2 aliphatic rings. The Labute approximate surface area is 157 Å². The maximum Gasteiger partial charge on any atom is 0.234 e. The average molecular weight is 360 g/mol. The van der Waals surface area contributed by atoms with Crippen molar-refractivity contribution in [1.29, 1.82) is 0 Å². The third kappa shape index (κ3) is 5.71. The highest BCUT2D eigenvalue weighted by atomic mass is 16.5. The fourth-order valence-electron chi connectivity index (χ4n) is 4.06. The molecule has 3 rings (SSSR count). The summed E-state index contributed by atoms with van der Waals surface area (Å²) < 4.78 is 11.3. The molecular weight excluding hydrogens is 328 g/mol. The van der Waals surface area contributed by atoms with Gasteiger partial charge < -0.3 is 14.8 Å². The Morgan fingerprint density at radius 2 is 2.00 bits per heavy atom. The molecule has 1 aromatic rings. The van der Waals surface area contributed by atoms with E-state index in [1.165, 1.54) is 19.3 Å². The molecule has 1 atom stereocenters. The number of benzene rings is 1. The van der Waals surface area contributed by atoms with Crippen LogP contribution in [0.5, 0.6) is 5.75 Å². The van der Waals surface area contributed by atoms with Crippen LogP contribution in [0.25, 0.3) is 0 Å². The van der Waals surface area contributed by atoms with Crippen LogP contribution in [0.4, 0.5) is 0 Å². The van der Waals surface area contributed by atoms with Gasteiger partial charge in [-0.25, -0.2) is 0 Å². The van der Waals surface area contributed by atoms with E-state index in [1.54, 1.807) is 7.11 Å². The number of nitrogens with one attached hydrogen (secondary N) is 1. The molecule has 1 aliphatic heterocycles. The van der Waals surface area contributed by atoms with Crippen molar-refractivity contribution in [2.75, 3.05) is 26.8 Å². The molecule has 1 saturated heterocycles. The quantitative estimate of drug-likeness (QED) is 0.774. The van der Waals surface area contributed by atoms with E-state index in [9.17, 15) is 4.79 Å². The Kier molecular flexibility index (Phi) is 7.32. The van der Waals surface area contributed by atoms with Crippen LogP contribution < -0.4 is 10.1 Å². The number of para-hydroxylation sites is 1. The lowest BCUT2D eigenvalue weighted by molar-refractivity contribution is -0.123. The molecule has 1 N–H and O–H groups in total. The van der Waals surface area contributed by atoms with E-state index in [1.807, 2.05) is 18.2 Å². The summed E-state index contributed by atoms with van der Waals surface area (Å²) in [6.07, 6.45) is 8.40. The van der Waals surface area contributed by atoms with Crippen LogP contribution in [0, 0.1) is 0 Å². The van der Waals surface area contributed by atoms with Gasteiger partial charge in [-0.15, -0.1) is 0 Å². The maximum atomic E-state index is 12.6. The molecule has 144 valence electrons. The first-order valence-electron chi connectivity index (χ1n) is 10.00. The molecule has 0 spiro atoms. The normalized spacial score (nSPS) is 21.1. The van der Waals surface area contributed by atoms with Crippen molar-refractivity contribution in [3.63, 3.8) is 0 Å². The van der Waals surface area contributed by atoms with Crippen molar-refractivity contribution in [3.05, 3.63) is 29.8 Å². The summed E-state index contributed by atoms with van der Waals surface area (Å²) in [5.74, 6) is 1.00. The Morgan fingerprint density at radius 1 is 1.19 bits per heavy atom. The molecule has 26 heavy (non-hydrogen) atoms. The van der Waals surface area contributed by atoms with E-state index in [4.69, 9.17) is 9.47 Å². The van der Waals surface area contributed by atoms with Crippen molar-refractivity contribution in [1.82, 2.24) is 10.2 Å². The monoisotopic (exact) mass is 360 g/mol. The minimum atomic E-state index is 0.129. The van der Waals surface area contributed by atoms with Crippen LogP contribution in [0.1, 0.15) is 50.5 Å². The van der Waals surface area contributed by atoms with E-state index in [0.29, 0.717) is 19.1 Å². The van der Waals surface area contributed by atoms with E-state index in [2.05, 4.69) is 16.3 Å². The predicted molar refractivity (Wildman–Crippen MR) is 102 cm³/mol. The molecule has 0 bridgehead atoms. The Morgan fingerprint density at radius 3 is 2.73 bits per heavy atom. The first-order chi connectivity index (χ1) is 12.7. The fourth-order valence-corrected chi connectivity index (χ4v) is 4.06. The highest BCUT2D eigenvalue weighted by molar-refractivity contribution is 5.78. The summed E-state index contributed by atoms with van der Waals surface area (Å²) >= 11 is 0. The van der Waals surface area contributed by atoms with Gasteiger partial charge in [0.2, 0.25) is 5.91 Å². The summed E-state index contributed by atoms with van der Waals surface area (Å²) in [6.45, 7) is 2.73. The summed E-state index contributed by atoms with van der Waals surface area (Å²) in [5, 5.41) is 3.24. The summed E-state index contributed by atoms with van der Waals surface area (Å²) in [6, 6.07) is 8.39. The van der Waals surface area contributed by atoms with Crippen LogP contribution in [0.15, 0.2) is 24.3 Å². The van der Waals surface area contributed by atoms with Gasteiger partial charge in [-0.1, -0.05) is 37.5 Å². The van der Waals surface area contributed by atoms with E-state index in [0.717, 1.165) is 50.1 Å². The molecule has 1 amide bonds. The van der Waals surface area contributed by atoms with Crippen LogP contribution in [0.3, 0.4) is 0 Å². The van der Waals surface area contributed by atoms with E-state index in [-0.39, 0.29) is 12.0 Å². The molecule has 0 aromatic heterocycles. The molecule has 1 heterocycles. The van der Waals surface area contributed by atoms with Gasteiger partial charge in [0.05, 0.1) is 19.8 Å². The Balaban J connectivity index is 1.61. The van der Waals surface area contributed by atoms with Crippen molar-refractivity contribution in [2.45, 2.75) is 63.6 Å². The number of carbonyl (C=O) groups is 1. The van der Waals surface area contributed by atoms with Gasteiger partial charge in [-0.2, -0.15) is 0 Å². The number of amides is 1. The van der Waals surface area contributed by atoms with Crippen molar-refractivity contribution in [2.24, 2.45) is 0 Å². The fraction of sp³-hybridized carbons (Fsp3) is 0.667. The predicted octanol–water partition coefficient (Wildman–Crippen LogP) is 3.13. The Hall–Kier alpha value is -1.59. The van der Waals surface area contributed by atoms with Gasteiger partial charge in [-0.3, -0.25) is 9.69 Å². The van der Waals surface area contributed by atoms with Crippen molar-refractivity contribution >= 4 is 5.91 Å². The third-order valence-corrected chi connectivity index (χ3v) is 5.41. The number of hydrogen-bond acceptors (Lipinski definition) is 4. The average Bonchev–Trinajstić information content (AvgIpc) is 3.16. The van der Waals surface area contributed by atoms with Crippen LogP contribution in [-0.4, -0.2) is 49.8 Å². The maximum absolute atomic E-state index is 12.6. The molecule has 0 radical (unpaired) electrons. The minimum Gasteiger partial charge on any atom is -0.496 e. The number of rotatable bonds is 8. The lowest BCUT2D eigenvalue weighted by Crippen LogP contribution is -2.44. The van der Waals surface area contributed by atoms with Crippen LogP contribution in [0.2, 0.25) is 0 Å². The SMILES string of the molecule is COc1ccccc1CN(CC(=O)NC1CCCCC1)CC1CCCO1. The third-order valence-electron chi connectivity index (χ3n) is 5.41. The number of methoxy groups -OCH3 is 1. The Bertz CT molecular complexity index is 566. The molecular formula is C21H32N2O3. The van der Waals surface area contributed by atoms with Crippen LogP contribution >= 0.6 is 0 Å². The van der Waals surface area contributed by atoms with E-state index < -0.39 is 0 Å². The summed E-state index contributed by atoms with van der Waals surface area (Å²) in [7, 11) is 1.69. The lowest BCUT2D eigenvalue weighted by Gasteiger charge is -2.28. The highest BCUT2D eigenvalue weighted by Gasteiger charge is 2.23. The smallest absolute Gasteiger partial charge is 0.234 e.